The Balaban J connectivity index is 0.00000192. The lowest BCUT2D eigenvalue weighted by atomic mass is 10.1. The second-order valence-electron chi connectivity index (χ2n) is 7.50. The summed E-state index contributed by atoms with van der Waals surface area (Å²) in [6, 6.07) is 7.96. The van der Waals surface area contributed by atoms with Crippen molar-refractivity contribution >= 4 is 18.3 Å². The topological polar surface area (TPSA) is 41.6 Å². The molecule has 1 aromatic carbocycles. The number of hydrogen-bond donors (Lipinski definition) is 1. The van der Waals surface area contributed by atoms with Crippen LogP contribution in [0.3, 0.4) is 0 Å². The van der Waals surface area contributed by atoms with Crippen LogP contribution in [0, 0.1) is 24.7 Å². The SMILES string of the molecule is Cc1ccccc1OCC(C)(C)NC(=O)C1[C@H]2CN(C)C[C@@H]12.Cl. The van der Waals surface area contributed by atoms with Gasteiger partial charge in [0.1, 0.15) is 12.4 Å². The summed E-state index contributed by atoms with van der Waals surface area (Å²) in [6.45, 7) is 8.67. The lowest BCUT2D eigenvalue weighted by molar-refractivity contribution is -0.125. The van der Waals surface area contributed by atoms with Gasteiger partial charge in [0.15, 0.2) is 0 Å². The van der Waals surface area contributed by atoms with Gasteiger partial charge in [0.2, 0.25) is 5.91 Å². The van der Waals surface area contributed by atoms with Crippen molar-refractivity contribution < 1.29 is 9.53 Å². The Kier molecular flexibility index (Phi) is 5.27. The highest BCUT2D eigenvalue weighted by Gasteiger charge is 2.58. The number of nitrogens with one attached hydrogen (secondary N) is 1. The number of halogens is 1. The van der Waals surface area contributed by atoms with Gasteiger partial charge in [0, 0.05) is 19.0 Å². The second kappa shape index (κ2) is 6.70. The summed E-state index contributed by atoms with van der Waals surface area (Å²) in [5.74, 6) is 2.43. The van der Waals surface area contributed by atoms with Crippen molar-refractivity contribution in [1.82, 2.24) is 10.2 Å². The molecule has 23 heavy (non-hydrogen) atoms. The van der Waals surface area contributed by atoms with Gasteiger partial charge >= 0.3 is 0 Å². The molecule has 1 heterocycles. The Morgan fingerprint density at radius 2 is 1.91 bits per heavy atom. The van der Waals surface area contributed by atoms with Gasteiger partial charge in [0.05, 0.1) is 5.54 Å². The number of hydrogen-bond acceptors (Lipinski definition) is 3. The van der Waals surface area contributed by atoms with Crippen molar-refractivity contribution in [1.29, 1.82) is 0 Å². The van der Waals surface area contributed by atoms with Gasteiger partial charge < -0.3 is 15.0 Å². The highest BCUT2D eigenvalue weighted by Crippen LogP contribution is 2.51. The van der Waals surface area contributed by atoms with E-state index >= 15 is 0 Å². The van der Waals surface area contributed by atoms with E-state index < -0.39 is 0 Å². The van der Waals surface area contributed by atoms with Crippen molar-refractivity contribution in [2.75, 3.05) is 26.7 Å². The molecule has 4 nitrogen and oxygen atoms in total. The number of para-hydroxylation sites is 1. The number of carbonyl (C=O) groups is 1. The van der Waals surface area contributed by atoms with Crippen molar-refractivity contribution in [3.05, 3.63) is 29.8 Å². The van der Waals surface area contributed by atoms with Crippen LogP contribution in [-0.2, 0) is 4.79 Å². The number of carbonyl (C=O) groups excluding carboxylic acids is 1. The van der Waals surface area contributed by atoms with E-state index in [9.17, 15) is 4.79 Å². The monoisotopic (exact) mass is 338 g/mol. The van der Waals surface area contributed by atoms with Crippen LogP contribution in [0.1, 0.15) is 19.4 Å². The Bertz CT molecular complexity index is 564. The van der Waals surface area contributed by atoms with Crippen molar-refractivity contribution in [2.45, 2.75) is 26.3 Å². The van der Waals surface area contributed by atoms with Crippen LogP contribution in [0.4, 0.5) is 0 Å². The third-order valence-corrected chi connectivity index (χ3v) is 4.82. The Hall–Kier alpha value is -1.26. The molecule has 0 bridgehead atoms. The van der Waals surface area contributed by atoms with Gasteiger partial charge in [-0.25, -0.2) is 0 Å². The number of piperidine rings is 1. The highest BCUT2D eigenvalue weighted by atomic mass is 35.5. The molecular formula is C18H27ClN2O2. The number of fused-ring (bicyclic) bond motifs is 1. The third kappa shape index (κ3) is 3.99. The zero-order valence-electron chi connectivity index (χ0n) is 14.3. The van der Waals surface area contributed by atoms with E-state index in [-0.39, 0.29) is 29.8 Å². The first kappa shape index (κ1) is 18.1. The van der Waals surface area contributed by atoms with E-state index in [1.807, 2.05) is 45.0 Å². The number of amides is 1. The summed E-state index contributed by atoms with van der Waals surface area (Å²) in [6.07, 6.45) is 0. The van der Waals surface area contributed by atoms with Gasteiger partial charge in [0.25, 0.3) is 0 Å². The fraction of sp³-hybridized carbons (Fsp3) is 0.611. The van der Waals surface area contributed by atoms with Gasteiger partial charge in [-0.1, -0.05) is 18.2 Å². The van der Waals surface area contributed by atoms with Crippen LogP contribution in [0.5, 0.6) is 5.75 Å². The first-order valence-corrected chi connectivity index (χ1v) is 8.06. The molecule has 2 fully saturated rings. The number of benzene rings is 1. The number of aryl methyl sites for hydroxylation is 1. The first-order chi connectivity index (χ1) is 10.4. The van der Waals surface area contributed by atoms with E-state index in [4.69, 9.17) is 4.74 Å². The van der Waals surface area contributed by atoms with Gasteiger partial charge in [-0.05, 0) is 51.3 Å². The zero-order chi connectivity index (χ0) is 15.9. The van der Waals surface area contributed by atoms with E-state index in [2.05, 4.69) is 17.3 Å². The molecule has 0 spiro atoms. The minimum atomic E-state index is -0.359. The smallest absolute Gasteiger partial charge is 0.224 e. The van der Waals surface area contributed by atoms with Crippen LogP contribution < -0.4 is 10.1 Å². The van der Waals surface area contributed by atoms with E-state index in [0.717, 1.165) is 24.4 Å². The number of likely N-dealkylation sites (tertiary alicyclic amines) is 1. The van der Waals surface area contributed by atoms with Crippen molar-refractivity contribution in [3.8, 4) is 5.75 Å². The highest BCUT2D eigenvalue weighted by molar-refractivity contribution is 5.85. The second-order valence-corrected chi connectivity index (χ2v) is 7.50. The van der Waals surface area contributed by atoms with Crippen molar-refractivity contribution in [3.63, 3.8) is 0 Å². The largest absolute Gasteiger partial charge is 0.491 e. The summed E-state index contributed by atoms with van der Waals surface area (Å²) in [5.41, 5.74) is 0.756. The molecule has 3 atom stereocenters. The minimum absolute atomic E-state index is 0. The molecular weight excluding hydrogens is 312 g/mol. The molecule has 1 aliphatic heterocycles. The molecule has 0 radical (unpaired) electrons. The van der Waals surface area contributed by atoms with Gasteiger partial charge in [-0.3, -0.25) is 4.79 Å². The minimum Gasteiger partial charge on any atom is -0.491 e. The molecule has 1 saturated carbocycles. The van der Waals surface area contributed by atoms with Crippen LogP contribution in [0.2, 0.25) is 0 Å². The lowest BCUT2D eigenvalue weighted by Gasteiger charge is -2.27. The molecule has 5 heteroatoms. The van der Waals surface area contributed by atoms with E-state index in [1.165, 1.54) is 0 Å². The van der Waals surface area contributed by atoms with Crippen LogP contribution in [-0.4, -0.2) is 43.1 Å². The molecule has 2 aliphatic rings. The van der Waals surface area contributed by atoms with Crippen molar-refractivity contribution in [2.24, 2.45) is 17.8 Å². The van der Waals surface area contributed by atoms with E-state index in [0.29, 0.717) is 18.4 Å². The third-order valence-electron chi connectivity index (χ3n) is 4.82. The van der Waals surface area contributed by atoms with Gasteiger partial charge in [-0.15, -0.1) is 12.4 Å². The number of rotatable bonds is 5. The van der Waals surface area contributed by atoms with Crippen LogP contribution in [0.15, 0.2) is 24.3 Å². The summed E-state index contributed by atoms with van der Waals surface area (Å²) < 4.78 is 5.89. The Morgan fingerprint density at radius 1 is 1.30 bits per heavy atom. The maximum atomic E-state index is 12.4. The molecule has 1 N–H and O–H groups in total. The predicted octanol–water partition coefficient (Wildman–Crippen LogP) is 2.50. The first-order valence-electron chi connectivity index (χ1n) is 8.06. The maximum absolute atomic E-state index is 12.4. The predicted molar refractivity (Wildman–Crippen MR) is 94.1 cm³/mol. The standard InChI is InChI=1S/C18H26N2O2.ClH/c1-12-7-5-6-8-15(12)22-11-18(2,3)19-17(21)16-13-9-20(4)10-14(13)16;/h5-8,13-14,16H,9-11H2,1-4H3,(H,19,21);1H/t13-,14+,16?;. The molecule has 0 aromatic heterocycles. The Morgan fingerprint density at radius 3 is 2.52 bits per heavy atom. The number of nitrogens with zero attached hydrogens (tertiary/aromatic N) is 1. The average molecular weight is 339 g/mol. The van der Waals surface area contributed by atoms with Gasteiger partial charge in [-0.2, -0.15) is 0 Å². The normalized spacial score (nSPS) is 26.2. The lowest BCUT2D eigenvalue weighted by Crippen LogP contribution is -2.49. The molecule has 1 aliphatic carbocycles. The number of ether oxygens (including phenoxy) is 1. The molecule has 128 valence electrons. The molecule has 1 saturated heterocycles. The zero-order valence-corrected chi connectivity index (χ0v) is 15.2. The molecule has 3 rings (SSSR count). The summed E-state index contributed by atoms with van der Waals surface area (Å²) in [4.78, 5) is 14.7. The van der Waals surface area contributed by atoms with Crippen LogP contribution >= 0.6 is 12.4 Å². The van der Waals surface area contributed by atoms with E-state index in [1.54, 1.807) is 0 Å². The fourth-order valence-corrected chi connectivity index (χ4v) is 3.56. The Labute approximate surface area is 145 Å². The maximum Gasteiger partial charge on any atom is 0.224 e. The molecule has 1 aromatic rings. The average Bonchev–Trinajstić information content (AvgIpc) is 2.96. The fourth-order valence-electron chi connectivity index (χ4n) is 3.56. The summed E-state index contributed by atoms with van der Waals surface area (Å²) >= 11 is 0. The molecule has 1 amide bonds. The summed E-state index contributed by atoms with van der Waals surface area (Å²) in [7, 11) is 2.13. The quantitative estimate of drug-likeness (QED) is 0.897. The molecule has 1 unspecified atom stereocenters. The summed E-state index contributed by atoms with van der Waals surface area (Å²) in [5, 5.41) is 3.17. The van der Waals surface area contributed by atoms with Crippen LogP contribution in [0.25, 0.3) is 0 Å².